The third-order valence-corrected chi connectivity index (χ3v) is 7.87. The van der Waals surface area contributed by atoms with Crippen molar-refractivity contribution in [3.63, 3.8) is 0 Å². The minimum Gasteiger partial charge on any atom is -0.301 e. The van der Waals surface area contributed by atoms with E-state index in [2.05, 4.69) is 10.3 Å². The van der Waals surface area contributed by atoms with Gasteiger partial charge in [-0.15, -0.1) is 11.8 Å². The summed E-state index contributed by atoms with van der Waals surface area (Å²) in [4.78, 5) is 35.5. The summed E-state index contributed by atoms with van der Waals surface area (Å²) in [6.45, 7) is 0. The minimum absolute atomic E-state index is 0.107. The number of carbonyl (C=O) groups is 1. The Morgan fingerprint density at radius 1 is 1.16 bits per heavy atom. The normalized spacial score (nSPS) is 12.8. The molecule has 1 aliphatic heterocycles. The van der Waals surface area contributed by atoms with Gasteiger partial charge in [0.05, 0.1) is 32.2 Å². The van der Waals surface area contributed by atoms with Crippen molar-refractivity contribution in [3.05, 3.63) is 69.6 Å². The van der Waals surface area contributed by atoms with E-state index in [9.17, 15) is 9.59 Å². The molecule has 10 heteroatoms. The molecule has 4 aromatic rings. The Bertz CT molecular complexity index is 1320. The van der Waals surface area contributed by atoms with E-state index >= 15 is 0 Å². The molecule has 0 saturated carbocycles. The van der Waals surface area contributed by atoms with Crippen molar-refractivity contribution in [2.24, 2.45) is 0 Å². The minimum atomic E-state index is -0.198. The monoisotopic (exact) mass is 486 g/mol. The van der Waals surface area contributed by atoms with Crippen LogP contribution in [0.1, 0.15) is 5.69 Å². The number of aromatic nitrogens is 3. The summed E-state index contributed by atoms with van der Waals surface area (Å²) in [5.74, 6) is 0.752. The second-order valence-electron chi connectivity index (χ2n) is 6.71. The number of amides is 1. The molecule has 0 atom stereocenters. The number of thioether (sulfide) groups is 2. The Morgan fingerprint density at radius 2 is 1.97 bits per heavy atom. The number of hydrogen-bond acceptors (Lipinski definition) is 7. The number of halogens is 1. The number of carbonyl (C=O) groups excluding carboxylic acids is 1. The highest BCUT2D eigenvalue weighted by Crippen LogP contribution is 2.30. The molecule has 1 aliphatic rings. The van der Waals surface area contributed by atoms with E-state index < -0.39 is 0 Å². The number of benzene rings is 2. The van der Waals surface area contributed by atoms with Gasteiger partial charge in [0.25, 0.3) is 5.56 Å². The maximum absolute atomic E-state index is 13.1. The second-order valence-corrected chi connectivity index (χ2v) is 10.2. The molecule has 0 spiro atoms. The van der Waals surface area contributed by atoms with Crippen LogP contribution in [-0.4, -0.2) is 31.9 Å². The number of aryl methyl sites for hydroxylation is 1. The average Bonchev–Trinajstić information content (AvgIpc) is 3.39. The first-order valence-corrected chi connectivity index (χ1v) is 12.6. The third-order valence-electron chi connectivity index (χ3n) is 4.62. The van der Waals surface area contributed by atoms with Crippen LogP contribution in [0.3, 0.4) is 0 Å². The van der Waals surface area contributed by atoms with E-state index in [1.54, 1.807) is 28.8 Å². The molecule has 5 rings (SSSR count). The molecular weight excluding hydrogens is 472 g/mol. The number of fused-ring (bicyclic) bond motifs is 2. The highest BCUT2D eigenvalue weighted by atomic mass is 35.5. The quantitative estimate of drug-likeness (QED) is 0.320. The number of hydrogen-bond donors (Lipinski definition) is 1. The van der Waals surface area contributed by atoms with Crippen molar-refractivity contribution in [3.8, 4) is 5.69 Å². The summed E-state index contributed by atoms with van der Waals surface area (Å²) in [6.07, 6.45) is 0.752. The van der Waals surface area contributed by atoms with Crippen LogP contribution in [0.4, 0.5) is 5.13 Å². The van der Waals surface area contributed by atoms with Gasteiger partial charge in [0.1, 0.15) is 0 Å². The largest absolute Gasteiger partial charge is 0.301 e. The van der Waals surface area contributed by atoms with Crippen LogP contribution in [0.2, 0.25) is 5.02 Å². The Morgan fingerprint density at radius 3 is 2.77 bits per heavy atom. The van der Waals surface area contributed by atoms with Crippen LogP contribution in [0.5, 0.6) is 0 Å². The molecule has 6 nitrogen and oxygen atoms in total. The average molecular weight is 487 g/mol. The summed E-state index contributed by atoms with van der Waals surface area (Å²) >= 11 is 10.2. The summed E-state index contributed by atoms with van der Waals surface area (Å²) in [5.41, 5.74) is 2.22. The van der Waals surface area contributed by atoms with Gasteiger partial charge in [0.2, 0.25) is 5.91 Å². The Balaban J connectivity index is 1.40. The lowest BCUT2D eigenvalue weighted by atomic mass is 10.3. The Kier molecular flexibility index (Phi) is 5.75. The molecule has 0 unspecified atom stereocenters. The molecule has 0 bridgehead atoms. The van der Waals surface area contributed by atoms with Gasteiger partial charge in [-0.1, -0.05) is 46.8 Å². The molecule has 31 heavy (non-hydrogen) atoms. The molecule has 0 aliphatic carbocycles. The van der Waals surface area contributed by atoms with Crippen LogP contribution < -0.4 is 10.9 Å². The first kappa shape index (κ1) is 20.6. The van der Waals surface area contributed by atoms with Gasteiger partial charge in [-0.05, 0) is 36.4 Å². The number of rotatable bonds is 5. The molecule has 0 radical (unpaired) electrons. The molecule has 2 aromatic carbocycles. The molecule has 156 valence electrons. The molecule has 0 saturated heterocycles. The summed E-state index contributed by atoms with van der Waals surface area (Å²) < 4.78 is 2.57. The van der Waals surface area contributed by atoms with Crippen molar-refractivity contribution >= 4 is 67.7 Å². The predicted octanol–water partition coefficient (Wildman–Crippen LogP) is 4.87. The number of anilines is 1. The molecule has 0 fully saturated rings. The molecule has 1 N–H and O–H groups in total. The van der Waals surface area contributed by atoms with Gasteiger partial charge in [-0.3, -0.25) is 14.2 Å². The molecular formula is C21H15ClN4O2S3. The van der Waals surface area contributed by atoms with Gasteiger partial charge < -0.3 is 5.32 Å². The highest BCUT2D eigenvalue weighted by Gasteiger charge is 2.23. The fraction of sp³-hybridized carbons (Fsp3) is 0.143. The lowest BCUT2D eigenvalue weighted by Crippen LogP contribution is -2.24. The lowest BCUT2D eigenvalue weighted by Gasteiger charge is -2.13. The Labute approximate surface area is 195 Å². The van der Waals surface area contributed by atoms with Crippen molar-refractivity contribution < 1.29 is 4.79 Å². The van der Waals surface area contributed by atoms with Crippen molar-refractivity contribution in [2.75, 3.05) is 16.8 Å². The molecule has 2 aromatic heterocycles. The van der Waals surface area contributed by atoms with E-state index in [-0.39, 0.29) is 17.2 Å². The van der Waals surface area contributed by atoms with Crippen LogP contribution >= 0.6 is 46.5 Å². The van der Waals surface area contributed by atoms with Crippen LogP contribution in [0, 0.1) is 0 Å². The van der Waals surface area contributed by atoms with Crippen LogP contribution in [0.15, 0.2) is 63.4 Å². The zero-order valence-electron chi connectivity index (χ0n) is 16.0. The third kappa shape index (κ3) is 4.23. The van der Waals surface area contributed by atoms with E-state index in [0.29, 0.717) is 25.9 Å². The van der Waals surface area contributed by atoms with Gasteiger partial charge in [-0.25, -0.2) is 9.97 Å². The standard InChI is InChI=1S/C21H15ClN4O2S3/c22-12-5-7-13(8-6-12)26-19(28)18-15(9-10-29-18)24-21(26)30-11-17(27)25-20-23-14-3-1-2-4-16(14)31-20/h1-8H,9-11H2,(H,23,25,27). The summed E-state index contributed by atoms with van der Waals surface area (Å²) in [6, 6.07) is 14.8. The van der Waals surface area contributed by atoms with Crippen LogP contribution in [-0.2, 0) is 11.2 Å². The fourth-order valence-electron chi connectivity index (χ4n) is 3.22. The number of nitrogens with zero attached hydrogens (tertiary/aromatic N) is 3. The summed E-state index contributed by atoms with van der Waals surface area (Å²) in [7, 11) is 0. The van der Waals surface area contributed by atoms with E-state index in [1.165, 1.54) is 34.9 Å². The fourth-order valence-corrected chi connectivity index (χ4v) is 6.08. The van der Waals surface area contributed by atoms with Crippen LogP contribution in [0.25, 0.3) is 15.9 Å². The van der Waals surface area contributed by atoms with Gasteiger partial charge in [0.15, 0.2) is 10.3 Å². The number of nitrogens with one attached hydrogen (secondary N) is 1. The first-order chi connectivity index (χ1) is 15.1. The van der Waals surface area contributed by atoms with Crippen molar-refractivity contribution in [2.45, 2.75) is 16.5 Å². The lowest BCUT2D eigenvalue weighted by molar-refractivity contribution is -0.113. The second kappa shape index (κ2) is 8.66. The SMILES string of the molecule is O=C(CSc1nc2c(c(=O)n1-c1ccc(Cl)cc1)SCC2)Nc1nc2ccccc2s1. The first-order valence-electron chi connectivity index (χ1n) is 9.41. The topological polar surface area (TPSA) is 76.9 Å². The van der Waals surface area contributed by atoms with Crippen molar-refractivity contribution in [1.82, 2.24) is 14.5 Å². The van der Waals surface area contributed by atoms with Gasteiger partial charge in [0, 0.05) is 17.2 Å². The highest BCUT2D eigenvalue weighted by molar-refractivity contribution is 8.00. The van der Waals surface area contributed by atoms with E-state index in [0.717, 1.165) is 28.1 Å². The predicted molar refractivity (Wildman–Crippen MR) is 128 cm³/mol. The maximum atomic E-state index is 13.1. The van der Waals surface area contributed by atoms with Crippen molar-refractivity contribution in [1.29, 1.82) is 0 Å². The number of para-hydroxylation sites is 1. The zero-order valence-corrected chi connectivity index (χ0v) is 19.2. The van der Waals surface area contributed by atoms with Gasteiger partial charge >= 0.3 is 0 Å². The smallest absolute Gasteiger partial charge is 0.272 e. The maximum Gasteiger partial charge on any atom is 0.272 e. The van der Waals surface area contributed by atoms with E-state index in [4.69, 9.17) is 16.6 Å². The zero-order chi connectivity index (χ0) is 21.4. The molecule has 3 heterocycles. The Hall–Kier alpha value is -2.33. The van der Waals surface area contributed by atoms with Gasteiger partial charge in [-0.2, -0.15) is 0 Å². The molecule has 1 amide bonds. The van der Waals surface area contributed by atoms with E-state index in [1.807, 2.05) is 24.3 Å². The summed E-state index contributed by atoms with van der Waals surface area (Å²) in [5, 5.41) is 4.48. The number of thiazole rings is 1.